The smallest absolute Gasteiger partial charge is 0.238 e. The summed E-state index contributed by atoms with van der Waals surface area (Å²) in [6.07, 6.45) is -0.413. The molecule has 0 radical (unpaired) electrons. The number of anilines is 2. The fourth-order valence-electron chi connectivity index (χ4n) is 1.70. The first kappa shape index (κ1) is 13.1. The van der Waals surface area contributed by atoms with Gasteiger partial charge in [0.25, 0.3) is 0 Å². The van der Waals surface area contributed by atoms with Crippen LogP contribution >= 0.6 is 0 Å². The largest absolute Gasteiger partial charge is 0.455 e. The number of nitrogens with two attached hydrogens (primary N) is 2. The molecule has 0 heterocycles. The third-order valence-corrected chi connectivity index (χ3v) is 2.80. The van der Waals surface area contributed by atoms with Crippen molar-refractivity contribution >= 4 is 11.4 Å². The molecule has 4 nitrogen and oxygen atoms in total. The molecule has 2 aromatic carbocycles. The van der Waals surface area contributed by atoms with E-state index >= 15 is 0 Å². The Morgan fingerprint density at radius 3 is 2.32 bits per heavy atom. The number of rotatable bonds is 4. The number of hydrogen-bond donors (Lipinski definition) is 2. The second kappa shape index (κ2) is 5.52. The molecular weight excluding hydrogens is 240 g/mol. The SMILES string of the molecule is Cc1c(N)cccc1OC(C)Oc1ccc(N)cc1. The van der Waals surface area contributed by atoms with Gasteiger partial charge in [0, 0.05) is 23.9 Å². The van der Waals surface area contributed by atoms with Gasteiger partial charge >= 0.3 is 0 Å². The van der Waals surface area contributed by atoms with Gasteiger partial charge in [0.2, 0.25) is 6.29 Å². The third-order valence-electron chi connectivity index (χ3n) is 2.80. The Morgan fingerprint density at radius 2 is 1.63 bits per heavy atom. The molecule has 0 aliphatic rings. The molecule has 1 unspecified atom stereocenters. The normalized spacial score (nSPS) is 11.9. The Hall–Kier alpha value is -2.36. The molecule has 1 atom stereocenters. The van der Waals surface area contributed by atoms with Gasteiger partial charge in [-0.15, -0.1) is 0 Å². The summed E-state index contributed by atoms with van der Waals surface area (Å²) in [6, 6.07) is 12.8. The highest BCUT2D eigenvalue weighted by Gasteiger charge is 2.09. The van der Waals surface area contributed by atoms with Crippen LogP contribution in [0.1, 0.15) is 12.5 Å². The molecule has 4 N–H and O–H groups in total. The van der Waals surface area contributed by atoms with Crippen LogP contribution in [0.25, 0.3) is 0 Å². The summed E-state index contributed by atoms with van der Waals surface area (Å²) in [4.78, 5) is 0. The molecule has 2 aromatic rings. The maximum Gasteiger partial charge on any atom is 0.238 e. The average molecular weight is 258 g/mol. The van der Waals surface area contributed by atoms with Crippen molar-refractivity contribution in [1.82, 2.24) is 0 Å². The van der Waals surface area contributed by atoms with Crippen LogP contribution in [0.2, 0.25) is 0 Å². The van der Waals surface area contributed by atoms with Gasteiger partial charge in [-0.1, -0.05) is 6.07 Å². The van der Waals surface area contributed by atoms with Crippen LogP contribution in [0.4, 0.5) is 11.4 Å². The van der Waals surface area contributed by atoms with Crippen LogP contribution < -0.4 is 20.9 Å². The van der Waals surface area contributed by atoms with Gasteiger partial charge in [0.15, 0.2) is 0 Å². The van der Waals surface area contributed by atoms with Crippen molar-refractivity contribution in [3.8, 4) is 11.5 Å². The first-order valence-corrected chi connectivity index (χ1v) is 6.10. The summed E-state index contributed by atoms with van der Waals surface area (Å²) in [5.74, 6) is 1.44. The molecule has 100 valence electrons. The molecule has 0 spiro atoms. The van der Waals surface area contributed by atoms with Crippen LogP contribution in [0.5, 0.6) is 11.5 Å². The lowest BCUT2D eigenvalue weighted by Crippen LogP contribution is -2.20. The molecule has 0 aliphatic carbocycles. The van der Waals surface area contributed by atoms with E-state index in [0.717, 1.165) is 11.3 Å². The minimum Gasteiger partial charge on any atom is -0.455 e. The summed E-state index contributed by atoms with van der Waals surface area (Å²) >= 11 is 0. The summed E-state index contributed by atoms with van der Waals surface area (Å²) in [6.45, 7) is 3.75. The van der Waals surface area contributed by atoms with Crippen LogP contribution in [0, 0.1) is 6.92 Å². The van der Waals surface area contributed by atoms with Gasteiger partial charge in [0.1, 0.15) is 11.5 Å². The molecule has 19 heavy (non-hydrogen) atoms. The van der Waals surface area contributed by atoms with E-state index in [1.807, 2.05) is 32.0 Å². The van der Waals surface area contributed by atoms with Gasteiger partial charge in [-0.2, -0.15) is 0 Å². The molecule has 0 amide bonds. The fourth-order valence-corrected chi connectivity index (χ4v) is 1.70. The van der Waals surface area contributed by atoms with E-state index in [1.165, 1.54) is 0 Å². The zero-order valence-electron chi connectivity index (χ0n) is 11.1. The maximum atomic E-state index is 5.83. The molecule has 0 saturated heterocycles. The van der Waals surface area contributed by atoms with Gasteiger partial charge < -0.3 is 20.9 Å². The number of hydrogen-bond acceptors (Lipinski definition) is 4. The van der Waals surface area contributed by atoms with Crippen LogP contribution in [0.3, 0.4) is 0 Å². The predicted molar refractivity (Wildman–Crippen MR) is 77.2 cm³/mol. The minimum absolute atomic E-state index is 0.413. The predicted octanol–water partition coefficient (Wildman–Crippen LogP) is 2.96. The summed E-state index contributed by atoms with van der Waals surface area (Å²) in [5, 5.41) is 0. The first-order chi connectivity index (χ1) is 9.06. The fraction of sp³-hybridized carbons (Fsp3) is 0.200. The van der Waals surface area contributed by atoms with Crippen molar-refractivity contribution < 1.29 is 9.47 Å². The molecule has 0 aromatic heterocycles. The van der Waals surface area contributed by atoms with E-state index < -0.39 is 6.29 Å². The second-order valence-electron chi connectivity index (χ2n) is 4.34. The Labute approximate surface area is 112 Å². The van der Waals surface area contributed by atoms with Crippen LogP contribution in [-0.4, -0.2) is 6.29 Å². The standard InChI is InChI=1S/C15H18N2O2/c1-10-14(17)4-3-5-15(10)19-11(2)18-13-8-6-12(16)7-9-13/h3-9,11H,16-17H2,1-2H3. The summed E-state index contributed by atoms with van der Waals surface area (Å²) < 4.78 is 11.4. The van der Waals surface area contributed by atoms with E-state index in [1.54, 1.807) is 24.3 Å². The highest BCUT2D eigenvalue weighted by Crippen LogP contribution is 2.24. The van der Waals surface area contributed by atoms with Crippen LogP contribution in [0.15, 0.2) is 42.5 Å². The Balaban J connectivity index is 2.03. The van der Waals surface area contributed by atoms with Crippen molar-refractivity contribution in [1.29, 1.82) is 0 Å². The minimum atomic E-state index is -0.413. The number of benzene rings is 2. The molecule has 0 bridgehead atoms. The first-order valence-electron chi connectivity index (χ1n) is 6.10. The zero-order valence-corrected chi connectivity index (χ0v) is 11.1. The quantitative estimate of drug-likeness (QED) is 0.653. The Bertz CT molecular complexity index is 553. The highest BCUT2D eigenvalue weighted by atomic mass is 16.7. The van der Waals surface area contributed by atoms with E-state index in [9.17, 15) is 0 Å². The van der Waals surface area contributed by atoms with Crippen molar-refractivity contribution in [3.63, 3.8) is 0 Å². The topological polar surface area (TPSA) is 70.5 Å². The lowest BCUT2D eigenvalue weighted by atomic mass is 10.2. The molecule has 2 rings (SSSR count). The lowest BCUT2D eigenvalue weighted by molar-refractivity contribution is 0.0218. The third kappa shape index (κ3) is 3.31. The lowest BCUT2D eigenvalue weighted by Gasteiger charge is -2.18. The van der Waals surface area contributed by atoms with Crippen LogP contribution in [-0.2, 0) is 0 Å². The van der Waals surface area contributed by atoms with E-state index in [2.05, 4.69) is 0 Å². The van der Waals surface area contributed by atoms with Gasteiger partial charge in [0.05, 0.1) is 0 Å². The van der Waals surface area contributed by atoms with Gasteiger partial charge in [-0.3, -0.25) is 0 Å². The second-order valence-corrected chi connectivity index (χ2v) is 4.34. The van der Waals surface area contributed by atoms with Crippen molar-refractivity contribution in [2.45, 2.75) is 20.1 Å². The molecule has 0 fully saturated rings. The zero-order chi connectivity index (χ0) is 13.8. The Kier molecular flexibility index (Phi) is 3.80. The Morgan fingerprint density at radius 1 is 0.947 bits per heavy atom. The maximum absolute atomic E-state index is 5.83. The van der Waals surface area contributed by atoms with Gasteiger partial charge in [-0.05, 0) is 43.3 Å². The van der Waals surface area contributed by atoms with Gasteiger partial charge in [-0.25, -0.2) is 0 Å². The monoisotopic (exact) mass is 258 g/mol. The molecule has 4 heteroatoms. The van der Waals surface area contributed by atoms with Crippen molar-refractivity contribution in [2.75, 3.05) is 11.5 Å². The van der Waals surface area contributed by atoms with E-state index in [-0.39, 0.29) is 0 Å². The summed E-state index contributed by atoms with van der Waals surface area (Å²) in [5.41, 5.74) is 13.8. The van der Waals surface area contributed by atoms with Crippen molar-refractivity contribution in [3.05, 3.63) is 48.0 Å². The highest BCUT2D eigenvalue weighted by molar-refractivity contribution is 5.53. The van der Waals surface area contributed by atoms with Crippen molar-refractivity contribution in [2.24, 2.45) is 0 Å². The number of ether oxygens (including phenoxy) is 2. The van der Waals surface area contributed by atoms with E-state index in [0.29, 0.717) is 17.1 Å². The summed E-state index contributed by atoms with van der Waals surface area (Å²) in [7, 11) is 0. The molecule has 0 aliphatic heterocycles. The molecule has 0 saturated carbocycles. The molecular formula is C15H18N2O2. The van der Waals surface area contributed by atoms with E-state index in [4.69, 9.17) is 20.9 Å². The number of nitrogen functional groups attached to an aromatic ring is 2. The average Bonchev–Trinajstić information content (AvgIpc) is 2.38.